The molecular weight excluding hydrogens is 266 g/mol. The van der Waals surface area contributed by atoms with E-state index in [1.165, 1.54) is 19.3 Å². The van der Waals surface area contributed by atoms with E-state index >= 15 is 0 Å². The Kier molecular flexibility index (Phi) is 5.55. The Morgan fingerprint density at radius 3 is 2.43 bits per heavy atom. The van der Waals surface area contributed by atoms with E-state index in [2.05, 4.69) is 51.4 Å². The lowest BCUT2D eigenvalue weighted by Crippen LogP contribution is -2.25. The summed E-state index contributed by atoms with van der Waals surface area (Å²) in [6.45, 7) is 8.61. The normalized spacial score (nSPS) is 17.6. The largest absolute Gasteiger partial charge is 0.352 e. The van der Waals surface area contributed by atoms with Crippen LogP contribution in [0.1, 0.15) is 46.5 Å². The van der Waals surface area contributed by atoms with Crippen molar-refractivity contribution in [3.8, 4) is 0 Å². The van der Waals surface area contributed by atoms with E-state index in [0.717, 1.165) is 19.5 Å². The van der Waals surface area contributed by atoms with Gasteiger partial charge in [0.15, 0.2) is 0 Å². The van der Waals surface area contributed by atoms with Gasteiger partial charge in [-0.15, -0.1) is 0 Å². The Bertz CT molecular complexity index is 445. The molecular formula is C14H27N7. The molecule has 0 radical (unpaired) electrons. The van der Waals surface area contributed by atoms with Gasteiger partial charge in [0.1, 0.15) is 0 Å². The van der Waals surface area contributed by atoms with Gasteiger partial charge in [0, 0.05) is 19.1 Å². The first-order valence-electron chi connectivity index (χ1n) is 7.86. The zero-order chi connectivity index (χ0) is 15.2. The summed E-state index contributed by atoms with van der Waals surface area (Å²) in [6, 6.07) is 0.319. The van der Waals surface area contributed by atoms with Crippen molar-refractivity contribution < 1.29 is 0 Å². The van der Waals surface area contributed by atoms with E-state index < -0.39 is 0 Å². The maximum atomic E-state index is 5.47. The third-order valence-corrected chi connectivity index (χ3v) is 3.97. The minimum absolute atomic E-state index is 0.319. The number of nitrogens with two attached hydrogens (primary N) is 1. The van der Waals surface area contributed by atoms with Crippen molar-refractivity contribution in [3.63, 3.8) is 0 Å². The van der Waals surface area contributed by atoms with Crippen LogP contribution >= 0.6 is 0 Å². The quantitative estimate of drug-likeness (QED) is 0.523. The zero-order valence-electron chi connectivity index (χ0n) is 13.3. The molecule has 1 fully saturated rings. The third-order valence-electron chi connectivity index (χ3n) is 3.97. The molecule has 1 aliphatic rings. The minimum atomic E-state index is 0.319. The number of hydrogen-bond acceptors (Lipinski definition) is 7. The van der Waals surface area contributed by atoms with Crippen LogP contribution in [0.4, 0.5) is 17.8 Å². The lowest BCUT2D eigenvalue weighted by Gasteiger charge is -2.20. The first-order valence-corrected chi connectivity index (χ1v) is 7.86. The number of anilines is 3. The van der Waals surface area contributed by atoms with Crippen molar-refractivity contribution in [2.45, 2.75) is 52.5 Å². The molecule has 0 aliphatic carbocycles. The fraction of sp³-hybridized carbons (Fsp3) is 0.786. The fourth-order valence-electron chi connectivity index (χ4n) is 2.60. The molecule has 1 aromatic rings. The highest BCUT2D eigenvalue weighted by atomic mass is 15.4. The molecule has 1 aliphatic heterocycles. The second-order valence-electron chi connectivity index (χ2n) is 5.92. The van der Waals surface area contributed by atoms with Crippen molar-refractivity contribution in [2.24, 2.45) is 11.8 Å². The average Bonchev–Trinajstić information content (AvgIpc) is 3.00. The lowest BCUT2D eigenvalue weighted by atomic mass is 10.0. The summed E-state index contributed by atoms with van der Waals surface area (Å²) in [7, 11) is 0. The number of nitrogens with zero attached hydrogens (tertiary/aromatic N) is 4. The summed E-state index contributed by atoms with van der Waals surface area (Å²) in [5.74, 6) is 7.85. The van der Waals surface area contributed by atoms with Gasteiger partial charge in [-0.3, -0.25) is 5.43 Å². The second-order valence-corrected chi connectivity index (χ2v) is 5.92. The first-order chi connectivity index (χ1) is 10.1. The van der Waals surface area contributed by atoms with Crippen molar-refractivity contribution in [1.29, 1.82) is 0 Å². The number of nitrogens with one attached hydrogen (secondary N) is 2. The maximum Gasteiger partial charge on any atom is 0.243 e. The molecule has 1 aromatic heterocycles. The lowest BCUT2D eigenvalue weighted by molar-refractivity contribution is 0.482. The minimum Gasteiger partial charge on any atom is -0.352 e. The third kappa shape index (κ3) is 4.42. The van der Waals surface area contributed by atoms with Crippen LogP contribution in [-0.4, -0.2) is 34.1 Å². The summed E-state index contributed by atoms with van der Waals surface area (Å²) in [5.41, 5.74) is 2.53. The van der Waals surface area contributed by atoms with Crippen LogP contribution in [0.25, 0.3) is 0 Å². The van der Waals surface area contributed by atoms with Gasteiger partial charge in [0.05, 0.1) is 0 Å². The Morgan fingerprint density at radius 1 is 1.14 bits per heavy atom. The summed E-state index contributed by atoms with van der Waals surface area (Å²) < 4.78 is 0. The summed E-state index contributed by atoms with van der Waals surface area (Å²) >= 11 is 0. The number of rotatable bonds is 7. The maximum absolute atomic E-state index is 5.47. The number of hydrogen-bond donors (Lipinski definition) is 3. The van der Waals surface area contributed by atoms with E-state index in [0.29, 0.717) is 29.8 Å². The first kappa shape index (κ1) is 15.8. The molecule has 0 bridgehead atoms. The van der Waals surface area contributed by atoms with Crippen molar-refractivity contribution in [1.82, 2.24) is 15.0 Å². The summed E-state index contributed by atoms with van der Waals surface area (Å²) in [6.07, 6.45) is 4.64. The Balaban J connectivity index is 2.08. The highest BCUT2D eigenvalue weighted by Crippen LogP contribution is 2.19. The molecule has 0 spiro atoms. The van der Waals surface area contributed by atoms with Gasteiger partial charge in [0.25, 0.3) is 0 Å². The molecule has 2 heterocycles. The predicted molar refractivity (Wildman–Crippen MR) is 86.2 cm³/mol. The van der Waals surface area contributed by atoms with Crippen LogP contribution in [0.15, 0.2) is 0 Å². The zero-order valence-corrected chi connectivity index (χ0v) is 13.3. The monoisotopic (exact) mass is 293 g/mol. The molecule has 2 rings (SSSR count). The van der Waals surface area contributed by atoms with Gasteiger partial charge in [-0.25, -0.2) is 5.84 Å². The van der Waals surface area contributed by atoms with Crippen LogP contribution in [0, 0.1) is 5.92 Å². The van der Waals surface area contributed by atoms with Crippen LogP contribution in [0.5, 0.6) is 0 Å². The highest BCUT2D eigenvalue weighted by Gasteiger charge is 2.18. The molecule has 2 unspecified atom stereocenters. The van der Waals surface area contributed by atoms with Crippen LogP contribution < -0.4 is 21.5 Å². The van der Waals surface area contributed by atoms with Crippen LogP contribution in [0.2, 0.25) is 0 Å². The van der Waals surface area contributed by atoms with Crippen LogP contribution in [0.3, 0.4) is 0 Å². The smallest absolute Gasteiger partial charge is 0.243 e. The molecule has 0 aromatic carbocycles. The van der Waals surface area contributed by atoms with E-state index in [9.17, 15) is 0 Å². The van der Waals surface area contributed by atoms with E-state index in [-0.39, 0.29) is 0 Å². The Morgan fingerprint density at radius 2 is 1.81 bits per heavy atom. The van der Waals surface area contributed by atoms with Crippen molar-refractivity contribution >= 4 is 17.8 Å². The second kappa shape index (κ2) is 7.40. The standard InChI is InChI=1S/C14H27N7/c1-4-10(2)9-11(3)16-12-17-13(20-15)19-14(18-12)21-7-5-6-8-21/h10-11H,4-9,15H2,1-3H3,(H2,16,17,18,19,20). The molecule has 7 nitrogen and oxygen atoms in total. The molecule has 0 amide bonds. The van der Waals surface area contributed by atoms with E-state index in [1.807, 2.05) is 0 Å². The highest BCUT2D eigenvalue weighted by molar-refractivity contribution is 5.44. The summed E-state index contributed by atoms with van der Waals surface area (Å²) in [4.78, 5) is 15.4. The predicted octanol–water partition coefficient (Wildman–Crippen LogP) is 1.99. The Hall–Kier alpha value is -1.63. The number of aromatic nitrogens is 3. The molecule has 0 saturated carbocycles. The topological polar surface area (TPSA) is 92.0 Å². The summed E-state index contributed by atoms with van der Waals surface area (Å²) in [5, 5.41) is 3.36. The van der Waals surface area contributed by atoms with Crippen molar-refractivity contribution in [2.75, 3.05) is 28.7 Å². The van der Waals surface area contributed by atoms with Gasteiger partial charge in [-0.1, -0.05) is 20.3 Å². The molecule has 21 heavy (non-hydrogen) atoms. The Labute approximate surface area is 126 Å². The molecule has 4 N–H and O–H groups in total. The van der Waals surface area contributed by atoms with Gasteiger partial charge in [0.2, 0.25) is 17.8 Å². The van der Waals surface area contributed by atoms with Gasteiger partial charge in [-0.05, 0) is 32.1 Å². The van der Waals surface area contributed by atoms with Gasteiger partial charge in [-0.2, -0.15) is 15.0 Å². The SMILES string of the molecule is CCC(C)CC(C)Nc1nc(NN)nc(N2CCCC2)n1. The average molecular weight is 293 g/mol. The van der Waals surface area contributed by atoms with E-state index in [4.69, 9.17) is 5.84 Å². The molecule has 1 saturated heterocycles. The number of nitrogen functional groups attached to an aromatic ring is 1. The number of hydrazine groups is 1. The fourth-order valence-corrected chi connectivity index (χ4v) is 2.60. The molecule has 2 atom stereocenters. The molecule has 7 heteroatoms. The molecule has 118 valence electrons. The van der Waals surface area contributed by atoms with E-state index in [1.54, 1.807) is 0 Å². The van der Waals surface area contributed by atoms with Crippen molar-refractivity contribution in [3.05, 3.63) is 0 Å². The van der Waals surface area contributed by atoms with Gasteiger partial charge >= 0.3 is 0 Å². The van der Waals surface area contributed by atoms with Gasteiger partial charge < -0.3 is 10.2 Å². The van der Waals surface area contributed by atoms with Crippen LogP contribution in [-0.2, 0) is 0 Å².